The Morgan fingerprint density at radius 1 is 1.41 bits per heavy atom. The summed E-state index contributed by atoms with van der Waals surface area (Å²) in [4.78, 5) is 13.7. The molecule has 0 aliphatic heterocycles. The number of hydrogen-bond acceptors (Lipinski definition) is 4. The van der Waals surface area contributed by atoms with Crippen LogP contribution in [0.4, 0.5) is 0 Å². The largest absolute Gasteiger partial charge is 0.507 e. The second kappa shape index (κ2) is 6.88. The van der Waals surface area contributed by atoms with E-state index in [4.69, 9.17) is 10.5 Å². The van der Waals surface area contributed by atoms with Crippen molar-refractivity contribution in [1.82, 2.24) is 4.90 Å². The van der Waals surface area contributed by atoms with Crippen molar-refractivity contribution in [1.29, 1.82) is 0 Å². The molecule has 17 heavy (non-hydrogen) atoms. The van der Waals surface area contributed by atoms with Crippen LogP contribution in [0.1, 0.15) is 10.4 Å². The van der Waals surface area contributed by atoms with E-state index in [-0.39, 0.29) is 17.2 Å². The van der Waals surface area contributed by atoms with Gasteiger partial charge in [-0.05, 0) is 12.1 Å². The van der Waals surface area contributed by atoms with Crippen molar-refractivity contribution in [2.75, 3.05) is 33.4 Å². The van der Waals surface area contributed by atoms with E-state index in [1.165, 1.54) is 6.07 Å². The topological polar surface area (TPSA) is 75.8 Å². The zero-order valence-electron chi connectivity index (χ0n) is 9.93. The zero-order valence-corrected chi connectivity index (χ0v) is 9.93. The minimum atomic E-state index is -0.231. The molecule has 0 saturated carbocycles. The van der Waals surface area contributed by atoms with Crippen LogP contribution in [0, 0.1) is 0 Å². The van der Waals surface area contributed by atoms with Crippen LogP contribution in [0.2, 0.25) is 0 Å². The van der Waals surface area contributed by atoms with Gasteiger partial charge in [0.25, 0.3) is 5.91 Å². The minimum Gasteiger partial charge on any atom is -0.507 e. The molecule has 0 bridgehead atoms. The Morgan fingerprint density at radius 2 is 2.12 bits per heavy atom. The number of rotatable bonds is 6. The Labute approximate surface area is 101 Å². The first-order chi connectivity index (χ1) is 8.20. The summed E-state index contributed by atoms with van der Waals surface area (Å²) in [7, 11) is 1.57. The van der Waals surface area contributed by atoms with Crippen LogP contribution in [0.25, 0.3) is 0 Å². The Morgan fingerprint density at radius 3 is 2.71 bits per heavy atom. The monoisotopic (exact) mass is 238 g/mol. The number of benzene rings is 1. The van der Waals surface area contributed by atoms with E-state index >= 15 is 0 Å². The molecule has 0 aliphatic rings. The van der Waals surface area contributed by atoms with E-state index in [9.17, 15) is 9.90 Å². The van der Waals surface area contributed by atoms with Crippen LogP contribution in [-0.2, 0) is 4.74 Å². The Bertz CT molecular complexity index is 369. The molecule has 1 rings (SSSR count). The van der Waals surface area contributed by atoms with E-state index in [1.54, 1.807) is 30.2 Å². The maximum absolute atomic E-state index is 12.1. The van der Waals surface area contributed by atoms with Crippen LogP contribution in [-0.4, -0.2) is 49.3 Å². The Kier molecular flexibility index (Phi) is 5.45. The van der Waals surface area contributed by atoms with Crippen molar-refractivity contribution in [2.45, 2.75) is 0 Å². The number of amides is 1. The lowest BCUT2D eigenvalue weighted by Gasteiger charge is -2.22. The highest BCUT2D eigenvalue weighted by Crippen LogP contribution is 2.17. The predicted octanol–water partition coefficient (Wildman–Crippen LogP) is 0.440. The first-order valence-electron chi connectivity index (χ1n) is 5.47. The van der Waals surface area contributed by atoms with E-state index in [2.05, 4.69) is 0 Å². The second-order valence-electron chi connectivity index (χ2n) is 3.59. The molecule has 0 saturated heterocycles. The van der Waals surface area contributed by atoms with E-state index in [0.29, 0.717) is 26.2 Å². The third-order valence-corrected chi connectivity index (χ3v) is 2.39. The third kappa shape index (κ3) is 3.72. The smallest absolute Gasteiger partial charge is 0.257 e. The summed E-state index contributed by atoms with van der Waals surface area (Å²) in [5, 5.41) is 9.61. The summed E-state index contributed by atoms with van der Waals surface area (Å²) in [5.41, 5.74) is 5.75. The normalized spacial score (nSPS) is 10.2. The highest BCUT2D eigenvalue weighted by molar-refractivity contribution is 5.96. The molecule has 94 valence electrons. The van der Waals surface area contributed by atoms with Gasteiger partial charge in [-0.2, -0.15) is 0 Å². The summed E-state index contributed by atoms with van der Waals surface area (Å²) >= 11 is 0. The van der Waals surface area contributed by atoms with E-state index in [1.807, 2.05) is 0 Å². The van der Waals surface area contributed by atoms with Crippen molar-refractivity contribution in [2.24, 2.45) is 5.73 Å². The lowest BCUT2D eigenvalue weighted by Crippen LogP contribution is -2.37. The molecule has 0 heterocycles. The fourth-order valence-electron chi connectivity index (χ4n) is 1.50. The number of phenolic OH excluding ortho intramolecular Hbond substituents is 1. The van der Waals surface area contributed by atoms with Crippen LogP contribution in [0.3, 0.4) is 0 Å². The van der Waals surface area contributed by atoms with Crippen LogP contribution >= 0.6 is 0 Å². The van der Waals surface area contributed by atoms with Crippen molar-refractivity contribution >= 4 is 5.91 Å². The number of ether oxygens (including phenoxy) is 1. The number of carbonyl (C=O) groups is 1. The average Bonchev–Trinajstić information content (AvgIpc) is 2.34. The van der Waals surface area contributed by atoms with E-state index in [0.717, 1.165) is 0 Å². The van der Waals surface area contributed by atoms with Gasteiger partial charge in [0.2, 0.25) is 0 Å². The highest BCUT2D eigenvalue weighted by atomic mass is 16.5. The maximum Gasteiger partial charge on any atom is 0.257 e. The SMILES string of the molecule is COCCN(CCN)C(=O)c1ccccc1O. The predicted molar refractivity (Wildman–Crippen MR) is 64.9 cm³/mol. The lowest BCUT2D eigenvalue weighted by molar-refractivity contribution is 0.0698. The maximum atomic E-state index is 12.1. The van der Waals surface area contributed by atoms with Crippen LogP contribution in [0.5, 0.6) is 5.75 Å². The quantitative estimate of drug-likeness (QED) is 0.754. The molecule has 1 aromatic rings. The number of carbonyl (C=O) groups excluding carboxylic acids is 1. The van der Waals surface area contributed by atoms with Gasteiger partial charge in [0, 0.05) is 26.7 Å². The molecule has 5 nitrogen and oxygen atoms in total. The number of methoxy groups -OCH3 is 1. The molecular formula is C12H18N2O3. The molecule has 0 aliphatic carbocycles. The molecule has 0 radical (unpaired) electrons. The van der Waals surface area contributed by atoms with Gasteiger partial charge >= 0.3 is 0 Å². The molecule has 1 aromatic carbocycles. The van der Waals surface area contributed by atoms with Gasteiger partial charge in [-0.3, -0.25) is 4.79 Å². The molecule has 1 amide bonds. The van der Waals surface area contributed by atoms with Crippen molar-refractivity contribution in [3.05, 3.63) is 29.8 Å². The zero-order chi connectivity index (χ0) is 12.7. The Balaban J connectivity index is 2.80. The van der Waals surface area contributed by atoms with Gasteiger partial charge in [0.15, 0.2) is 0 Å². The molecule has 0 aromatic heterocycles. The number of hydrogen-bond donors (Lipinski definition) is 2. The first-order valence-corrected chi connectivity index (χ1v) is 5.47. The number of para-hydroxylation sites is 1. The van der Waals surface area contributed by atoms with Gasteiger partial charge in [-0.25, -0.2) is 0 Å². The fourth-order valence-corrected chi connectivity index (χ4v) is 1.50. The number of aromatic hydroxyl groups is 1. The molecule has 0 unspecified atom stereocenters. The number of nitrogens with two attached hydrogens (primary N) is 1. The van der Waals surface area contributed by atoms with Crippen molar-refractivity contribution < 1.29 is 14.6 Å². The first kappa shape index (κ1) is 13.5. The Hall–Kier alpha value is -1.59. The standard InChI is InChI=1S/C12H18N2O3/c1-17-9-8-14(7-6-13)12(16)10-4-2-3-5-11(10)15/h2-5,15H,6-9,13H2,1H3. The van der Waals surface area contributed by atoms with Gasteiger partial charge in [-0.15, -0.1) is 0 Å². The third-order valence-electron chi connectivity index (χ3n) is 2.39. The molecule has 0 spiro atoms. The number of nitrogens with zero attached hydrogens (tertiary/aromatic N) is 1. The molecule has 0 atom stereocenters. The number of phenols is 1. The molecule has 0 fully saturated rings. The summed E-state index contributed by atoms with van der Waals surface area (Å²) in [5.74, 6) is -0.248. The van der Waals surface area contributed by atoms with Crippen LogP contribution in [0.15, 0.2) is 24.3 Å². The lowest BCUT2D eigenvalue weighted by atomic mass is 10.1. The van der Waals surface area contributed by atoms with Crippen molar-refractivity contribution in [3.8, 4) is 5.75 Å². The molecule has 5 heteroatoms. The van der Waals surface area contributed by atoms with Gasteiger partial charge in [0.05, 0.1) is 12.2 Å². The van der Waals surface area contributed by atoms with Crippen molar-refractivity contribution in [3.63, 3.8) is 0 Å². The second-order valence-corrected chi connectivity index (χ2v) is 3.59. The summed E-state index contributed by atoms with van der Waals surface area (Å²) in [6.45, 7) is 1.72. The van der Waals surface area contributed by atoms with E-state index < -0.39 is 0 Å². The highest BCUT2D eigenvalue weighted by Gasteiger charge is 2.17. The summed E-state index contributed by atoms with van der Waals surface area (Å²) in [6.07, 6.45) is 0. The van der Waals surface area contributed by atoms with Gasteiger partial charge in [-0.1, -0.05) is 12.1 Å². The molecular weight excluding hydrogens is 220 g/mol. The van der Waals surface area contributed by atoms with Crippen LogP contribution < -0.4 is 5.73 Å². The average molecular weight is 238 g/mol. The van der Waals surface area contributed by atoms with Gasteiger partial charge < -0.3 is 20.5 Å². The summed E-state index contributed by atoms with van der Waals surface area (Å²) < 4.78 is 4.94. The minimum absolute atomic E-state index is 0.0167. The van der Waals surface area contributed by atoms with Gasteiger partial charge in [0.1, 0.15) is 5.75 Å². The fraction of sp³-hybridized carbons (Fsp3) is 0.417. The molecule has 3 N–H and O–H groups in total. The summed E-state index contributed by atoms with van der Waals surface area (Å²) in [6, 6.07) is 6.47.